The molecule has 0 bridgehead atoms. The van der Waals surface area contributed by atoms with Crippen LogP contribution in [0.15, 0.2) is 24.3 Å². The van der Waals surface area contributed by atoms with Crippen molar-refractivity contribution in [1.82, 2.24) is 0 Å². The highest BCUT2D eigenvalue weighted by atomic mass is 16.5. The molecule has 19 heavy (non-hydrogen) atoms. The van der Waals surface area contributed by atoms with Gasteiger partial charge in [-0.25, -0.2) is 0 Å². The molecule has 0 amide bonds. The molecule has 1 aliphatic carbocycles. The van der Waals surface area contributed by atoms with Gasteiger partial charge in [-0.2, -0.15) is 15.3 Å². The fourth-order valence-corrected chi connectivity index (χ4v) is 2.42. The molecule has 0 atom stereocenters. The molecule has 2 rings (SSSR count). The normalized spacial score (nSPS) is 18.3. The molecule has 4 heteroatoms. The van der Waals surface area contributed by atoms with Gasteiger partial charge in [0.1, 0.15) is 6.07 Å². The molecule has 1 aromatic rings. The van der Waals surface area contributed by atoms with Crippen molar-refractivity contribution in [1.29, 1.82) is 10.5 Å². The average Bonchev–Trinajstić information content (AvgIpc) is 2.48. The molecule has 0 heterocycles. The van der Waals surface area contributed by atoms with Crippen LogP contribution in [0.5, 0.6) is 0 Å². The molecular weight excluding hydrogens is 238 g/mol. The molecule has 0 saturated heterocycles. The van der Waals surface area contributed by atoms with E-state index in [1.165, 1.54) is 6.21 Å². The maximum absolute atomic E-state index is 12.2. The molecule has 1 fully saturated rings. The maximum Gasteiger partial charge on any atom is 0.257 e. The van der Waals surface area contributed by atoms with Crippen molar-refractivity contribution in [2.24, 2.45) is 0 Å². The predicted octanol–water partition coefficient (Wildman–Crippen LogP) is 2.71. The van der Waals surface area contributed by atoms with Gasteiger partial charge >= 0.3 is 0 Å². The molecule has 1 saturated carbocycles. The number of nitrogens with zero attached hydrogens (tertiary/aromatic N) is 3. The van der Waals surface area contributed by atoms with E-state index in [0.29, 0.717) is 24.0 Å². The molecule has 4 nitrogen and oxygen atoms in total. The quantitative estimate of drug-likeness (QED) is 0.352. The lowest BCUT2D eigenvalue weighted by molar-refractivity contribution is -0.532. The smallest absolute Gasteiger partial charge is 0.257 e. The second-order valence-electron chi connectivity index (χ2n) is 4.89. The molecular formula is C15H15N3O. The summed E-state index contributed by atoms with van der Waals surface area (Å²) in [6, 6.07) is 11.0. The summed E-state index contributed by atoms with van der Waals surface area (Å²) in [5.74, 6) is 0. The van der Waals surface area contributed by atoms with E-state index in [0.717, 1.165) is 24.0 Å². The molecule has 0 unspecified atom stereocenters. The molecule has 1 aromatic carbocycles. The highest BCUT2D eigenvalue weighted by Crippen LogP contribution is 2.30. The summed E-state index contributed by atoms with van der Waals surface area (Å²) >= 11 is 0. The van der Waals surface area contributed by atoms with Gasteiger partial charge in [-0.15, -0.1) is 0 Å². The summed E-state index contributed by atoms with van der Waals surface area (Å²) < 4.78 is 0.799. The molecule has 0 N–H and O–H groups in total. The van der Waals surface area contributed by atoms with E-state index in [9.17, 15) is 10.5 Å². The Morgan fingerprint density at radius 2 is 1.74 bits per heavy atom. The van der Waals surface area contributed by atoms with Crippen LogP contribution >= 0.6 is 0 Å². The third-order valence-corrected chi connectivity index (χ3v) is 3.62. The van der Waals surface area contributed by atoms with E-state index in [4.69, 9.17) is 5.26 Å². The lowest BCUT2D eigenvalue weighted by Crippen LogP contribution is -2.40. The second kappa shape index (κ2) is 5.54. The van der Waals surface area contributed by atoms with Gasteiger partial charge in [-0.05, 0) is 37.1 Å². The number of benzene rings is 1. The molecule has 1 aliphatic rings. The van der Waals surface area contributed by atoms with Crippen molar-refractivity contribution in [3.8, 4) is 12.1 Å². The number of hydrogen-bond acceptors (Lipinski definition) is 3. The fourth-order valence-electron chi connectivity index (χ4n) is 2.42. The zero-order valence-corrected chi connectivity index (χ0v) is 10.7. The van der Waals surface area contributed by atoms with Gasteiger partial charge in [0.2, 0.25) is 0 Å². The monoisotopic (exact) mass is 253 g/mol. The number of hydrogen-bond donors (Lipinski definition) is 0. The minimum absolute atomic E-state index is 0.558. The van der Waals surface area contributed by atoms with Crippen LogP contribution in [-0.2, 0) is 0 Å². The van der Waals surface area contributed by atoms with Crippen LogP contribution in [0.2, 0.25) is 0 Å². The van der Waals surface area contributed by atoms with Crippen LogP contribution in [0.3, 0.4) is 0 Å². The van der Waals surface area contributed by atoms with Crippen molar-refractivity contribution in [2.45, 2.75) is 37.6 Å². The predicted molar refractivity (Wildman–Crippen MR) is 71.4 cm³/mol. The Bertz CT molecular complexity index is 555. The Kier molecular flexibility index (Phi) is 3.82. The molecule has 0 radical (unpaired) electrons. The molecule has 0 aliphatic heterocycles. The Morgan fingerprint density at radius 3 is 2.26 bits per heavy atom. The van der Waals surface area contributed by atoms with Crippen molar-refractivity contribution in [2.75, 3.05) is 0 Å². The van der Waals surface area contributed by atoms with E-state index in [-0.39, 0.29) is 0 Å². The van der Waals surface area contributed by atoms with E-state index in [1.807, 2.05) is 6.07 Å². The largest absolute Gasteiger partial charge is 0.623 e. The standard InChI is InChI=1S/C15H15N3O/c16-10-13-4-6-14(7-5-13)11-18(19)15(12-17)8-2-1-3-9-15/h4-7,11H,1-3,8-9H2/b18-11-. The first-order chi connectivity index (χ1) is 9.20. The number of rotatable bonds is 2. The van der Waals surface area contributed by atoms with Crippen LogP contribution in [0.25, 0.3) is 0 Å². The van der Waals surface area contributed by atoms with Gasteiger partial charge in [0, 0.05) is 18.4 Å². The first kappa shape index (κ1) is 13.1. The van der Waals surface area contributed by atoms with Crippen molar-refractivity contribution >= 4 is 6.21 Å². The molecule has 96 valence electrons. The lowest BCUT2D eigenvalue weighted by atomic mass is 9.83. The minimum Gasteiger partial charge on any atom is -0.623 e. The summed E-state index contributed by atoms with van der Waals surface area (Å²) in [5, 5.41) is 30.3. The SMILES string of the molecule is N#Cc1ccc(/C=[N+](\[O-])C2(C#N)CCCCC2)cc1. The summed E-state index contributed by atoms with van der Waals surface area (Å²) in [6.45, 7) is 0. The first-order valence-electron chi connectivity index (χ1n) is 6.43. The zero-order valence-electron chi connectivity index (χ0n) is 10.7. The Balaban J connectivity index is 2.26. The van der Waals surface area contributed by atoms with Gasteiger partial charge in [0.15, 0.2) is 6.21 Å². The van der Waals surface area contributed by atoms with E-state index >= 15 is 0 Å². The number of hydroxylamine groups is 1. The topological polar surface area (TPSA) is 73.7 Å². The van der Waals surface area contributed by atoms with Crippen LogP contribution in [0.1, 0.15) is 43.2 Å². The van der Waals surface area contributed by atoms with Crippen molar-refractivity contribution in [3.63, 3.8) is 0 Å². The third-order valence-electron chi connectivity index (χ3n) is 3.62. The summed E-state index contributed by atoms with van der Waals surface area (Å²) in [7, 11) is 0. The third kappa shape index (κ3) is 2.74. The fraction of sp³-hybridized carbons (Fsp3) is 0.400. The highest BCUT2D eigenvalue weighted by Gasteiger charge is 2.40. The maximum atomic E-state index is 12.2. The lowest BCUT2D eigenvalue weighted by Gasteiger charge is -2.28. The Morgan fingerprint density at radius 1 is 1.11 bits per heavy atom. The minimum atomic E-state index is -0.911. The summed E-state index contributed by atoms with van der Waals surface area (Å²) in [4.78, 5) is 0. The Labute approximate surface area is 112 Å². The Hall–Kier alpha value is -2.33. The summed E-state index contributed by atoms with van der Waals surface area (Å²) in [5.41, 5.74) is 0.364. The van der Waals surface area contributed by atoms with Gasteiger partial charge in [-0.3, -0.25) is 0 Å². The van der Waals surface area contributed by atoms with E-state index in [1.54, 1.807) is 24.3 Å². The first-order valence-corrected chi connectivity index (χ1v) is 6.43. The van der Waals surface area contributed by atoms with Crippen LogP contribution in [-0.4, -0.2) is 16.5 Å². The summed E-state index contributed by atoms with van der Waals surface area (Å²) in [6.07, 6.45) is 5.64. The molecule has 0 spiro atoms. The van der Waals surface area contributed by atoms with Gasteiger partial charge in [-0.1, -0.05) is 6.42 Å². The van der Waals surface area contributed by atoms with Gasteiger partial charge < -0.3 is 5.21 Å². The number of nitriles is 2. The van der Waals surface area contributed by atoms with Crippen LogP contribution in [0.4, 0.5) is 0 Å². The van der Waals surface area contributed by atoms with Crippen LogP contribution < -0.4 is 0 Å². The highest BCUT2D eigenvalue weighted by molar-refractivity contribution is 5.76. The zero-order chi connectivity index (χ0) is 13.7. The van der Waals surface area contributed by atoms with Crippen molar-refractivity contribution in [3.05, 3.63) is 40.6 Å². The second-order valence-corrected chi connectivity index (χ2v) is 4.89. The van der Waals surface area contributed by atoms with Gasteiger partial charge in [0.25, 0.3) is 5.54 Å². The van der Waals surface area contributed by atoms with Gasteiger partial charge in [0.05, 0.1) is 11.6 Å². The van der Waals surface area contributed by atoms with E-state index in [2.05, 4.69) is 6.07 Å². The van der Waals surface area contributed by atoms with E-state index < -0.39 is 5.54 Å². The molecule has 0 aromatic heterocycles. The average molecular weight is 253 g/mol. The van der Waals surface area contributed by atoms with Crippen LogP contribution in [0, 0.1) is 27.9 Å². The van der Waals surface area contributed by atoms with Crippen molar-refractivity contribution < 1.29 is 4.74 Å².